The maximum Gasteiger partial charge on any atom is 0.242 e. The predicted octanol–water partition coefficient (Wildman–Crippen LogP) is 7.09. The van der Waals surface area contributed by atoms with Crippen LogP contribution in [0.2, 0.25) is 10.0 Å². The van der Waals surface area contributed by atoms with E-state index in [0.717, 1.165) is 12.8 Å². The third-order valence-corrected chi connectivity index (χ3v) is 9.65. The highest BCUT2D eigenvalue weighted by molar-refractivity contribution is 6.31. The van der Waals surface area contributed by atoms with E-state index in [0.29, 0.717) is 53.1 Å². The van der Waals surface area contributed by atoms with Gasteiger partial charge in [0, 0.05) is 41.6 Å². The van der Waals surface area contributed by atoms with Gasteiger partial charge in [0.05, 0.1) is 37.1 Å². The van der Waals surface area contributed by atoms with E-state index in [-0.39, 0.29) is 28.0 Å². The molecule has 2 amide bonds. The van der Waals surface area contributed by atoms with Crippen LogP contribution >= 0.6 is 23.2 Å². The predicted molar refractivity (Wildman–Crippen MR) is 177 cm³/mol. The molecule has 0 aromatic heterocycles. The van der Waals surface area contributed by atoms with Gasteiger partial charge >= 0.3 is 0 Å². The summed E-state index contributed by atoms with van der Waals surface area (Å²) in [6.07, 6.45) is 2.11. The fourth-order valence-electron chi connectivity index (χ4n) is 7.20. The van der Waals surface area contributed by atoms with Crippen molar-refractivity contribution in [3.63, 3.8) is 0 Å². The van der Waals surface area contributed by atoms with Gasteiger partial charge in [0.1, 0.15) is 28.8 Å². The molecule has 3 N–H and O–H groups in total. The number of methoxy groups -OCH3 is 1. The molecule has 46 heavy (non-hydrogen) atoms. The minimum Gasteiger partial charge on any atom is -0.494 e. The number of carbonyl (C=O) groups excluding carboxylic acids is 2. The van der Waals surface area contributed by atoms with Crippen molar-refractivity contribution in [2.75, 3.05) is 31.0 Å². The van der Waals surface area contributed by atoms with E-state index in [2.05, 4.69) is 36.7 Å². The van der Waals surface area contributed by atoms with Crippen LogP contribution in [0.5, 0.6) is 11.5 Å². The zero-order valence-electron chi connectivity index (χ0n) is 26.2. The quantitative estimate of drug-likeness (QED) is 0.249. The van der Waals surface area contributed by atoms with Crippen LogP contribution in [0.25, 0.3) is 0 Å². The Hall–Kier alpha value is -3.37. The summed E-state index contributed by atoms with van der Waals surface area (Å²) in [4.78, 5) is 28.8. The van der Waals surface area contributed by atoms with Crippen LogP contribution in [0.1, 0.15) is 57.1 Å². The number of rotatable bonds is 7. The number of benzene rings is 3. The molecular weight excluding hydrogens is 632 g/mol. The molecule has 3 heterocycles. The monoisotopic (exact) mass is 669 g/mol. The van der Waals surface area contributed by atoms with Crippen molar-refractivity contribution in [3.05, 3.63) is 81.6 Å². The molecule has 4 atom stereocenters. The van der Waals surface area contributed by atoms with Crippen LogP contribution in [0.15, 0.2) is 54.6 Å². The van der Waals surface area contributed by atoms with E-state index in [1.807, 2.05) is 0 Å². The van der Waals surface area contributed by atoms with Gasteiger partial charge < -0.3 is 30.2 Å². The van der Waals surface area contributed by atoms with Gasteiger partial charge in [-0.1, -0.05) is 62.2 Å². The van der Waals surface area contributed by atoms with Crippen molar-refractivity contribution >= 4 is 46.4 Å². The molecule has 6 rings (SSSR count). The molecule has 3 aliphatic rings. The molecular formula is C35H38Cl2FN3O5. The second-order valence-corrected chi connectivity index (χ2v) is 14.2. The average molecular weight is 671 g/mol. The topological polar surface area (TPSA) is 97.9 Å². The summed E-state index contributed by atoms with van der Waals surface area (Å²) < 4.78 is 33.3. The zero-order valence-corrected chi connectivity index (χ0v) is 27.7. The maximum atomic E-state index is 16.1. The van der Waals surface area contributed by atoms with Gasteiger partial charge in [-0.25, -0.2) is 4.39 Å². The minimum absolute atomic E-state index is 0.0289. The highest BCUT2D eigenvalue weighted by Gasteiger charge is 2.66. The number of nitrogens with one attached hydrogen (secondary N) is 3. The molecule has 0 bridgehead atoms. The summed E-state index contributed by atoms with van der Waals surface area (Å²) in [7, 11) is 1.51. The third kappa shape index (κ3) is 5.94. The lowest BCUT2D eigenvalue weighted by Crippen LogP contribution is -2.49. The second kappa shape index (κ2) is 12.7. The molecule has 0 saturated carbocycles. The first-order valence-electron chi connectivity index (χ1n) is 15.5. The fraction of sp³-hybridized carbons (Fsp3) is 0.429. The SMILES string of the molecule is COc1cc(OC2CCOCC2)ccc1NC(=O)[C@@H]1N[C@@H](CC(C)(C)C)[C@@]2(C(=O)Nc3cc(Cl)ccc32)[C@H]1c1cccc(Cl)c1F. The summed E-state index contributed by atoms with van der Waals surface area (Å²) in [6, 6.07) is 13.5. The number of ether oxygens (including phenoxy) is 3. The molecule has 2 fully saturated rings. The molecule has 11 heteroatoms. The molecule has 2 saturated heterocycles. The molecule has 8 nitrogen and oxygen atoms in total. The van der Waals surface area contributed by atoms with E-state index >= 15 is 4.39 Å². The average Bonchev–Trinajstić information content (AvgIpc) is 3.48. The summed E-state index contributed by atoms with van der Waals surface area (Å²) in [5.74, 6) is -1.41. The zero-order chi connectivity index (χ0) is 32.8. The van der Waals surface area contributed by atoms with Crippen LogP contribution in [-0.2, 0) is 19.7 Å². The Labute approximate surface area is 278 Å². The minimum atomic E-state index is -1.35. The number of hydrogen-bond acceptors (Lipinski definition) is 6. The van der Waals surface area contributed by atoms with Crippen LogP contribution < -0.4 is 25.4 Å². The van der Waals surface area contributed by atoms with Crippen molar-refractivity contribution in [1.29, 1.82) is 0 Å². The van der Waals surface area contributed by atoms with E-state index in [1.165, 1.54) is 13.2 Å². The third-order valence-electron chi connectivity index (χ3n) is 9.12. The van der Waals surface area contributed by atoms with E-state index in [1.54, 1.807) is 48.5 Å². The summed E-state index contributed by atoms with van der Waals surface area (Å²) in [5.41, 5.74) is 0.152. The first-order chi connectivity index (χ1) is 21.9. The normalized spacial score (nSPS) is 24.5. The van der Waals surface area contributed by atoms with Crippen LogP contribution in [0.4, 0.5) is 15.8 Å². The lowest BCUT2D eigenvalue weighted by molar-refractivity contribution is -0.122. The van der Waals surface area contributed by atoms with Gasteiger partial charge in [0.25, 0.3) is 0 Å². The van der Waals surface area contributed by atoms with E-state index < -0.39 is 35.1 Å². The second-order valence-electron chi connectivity index (χ2n) is 13.4. The Kier molecular flexibility index (Phi) is 8.97. The smallest absolute Gasteiger partial charge is 0.242 e. The van der Waals surface area contributed by atoms with Crippen LogP contribution in [0, 0.1) is 11.2 Å². The van der Waals surface area contributed by atoms with Gasteiger partial charge in [-0.3, -0.25) is 9.59 Å². The highest BCUT2D eigenvalue weighted by Crippen LogP contribution is 2.57. The van der Waals surface area contributed by atoms with Crippen molar-refractivity contribution in [2.45, 2.75) is 69.6 Å². The lowest BCUT2D eigenvalue weighted by atomic mass is 9.62. The number of fused-ring (bicyclic) bond motifs is 2. The van der Waals surface area contributed by atoms with Crippen molar-refractivity contribution in [1.82, 2.24) is 5.32 Å². The number of hydrogen-bond donors (Lipinski definition) is 3. The largest absolute Gasteiger partial charge is 0.494 e. The lowest BCUT2D eigenvalue weighted by Gasteiger charge is -2.37. The first-order valence-corrected chi connectivity index (χ1v) is 16.2. The Morgan fingerprint density at radius 2 is 1.87 bits per heavy atom. The fourth-order valence-corrected chi connectivity index (χ4v) is 7.55. The Bertz CT molecular complexity index is 1660. The Balaban J connectivity index is 1.43. The maximum absolute atomic E-state index is 16.1. The standard InChI is InChI=1S/C35H38Cl2FN3O5/c1-34(2,3)18-28-35(23-10-8-19(36)16-26(23)40-33(35)43)29(22-6-5-7-24(37)30(22)38)31(41-28)32(42)39-25-11-9-21(17-27(25)44-4)46-20-12-14-45-15-13-20/h5-11,16-17,20,28-29,31,41H,12-15,18H2,1-4H3,(H,39,42)(H,40,43)/t28-,29-,31+,35+/m0/s1. The van der Waals surface area contributed by atoms with Gasteiger partial charge in [0.15, 0.2) is 0 Å². The molecule has 244 valence electrons. The highest BCUT2D eigenvalue weighted by atomic mass is 35.5. The summed E-state index contributed by atoms with van der Waals surface area (Å²) in [5, 5.41) is 9.84. The van der Waals surface area contributed by atoms with Crippen LogP contribution in [-0.4, -0.2) is 50.3 Å². The number of anilines is 2. The van der Waals surface area contributed by atoms with Gasteiger partial charge in [-0.15, -0.1) is 0 Å². The summed E-state index contributed by atoms with van der Waals surface area (Å²) >= 11 is 12.7. The van der Waals surface area contributed by atoms with Gasteiger partial charge in [0.2, 0.25) is 11.8 Å². The molecule has 0 unspecified atom stereocenters. The molecule has 3 aromatic rings. The number of carbonyl (C=O) groups is 2. The summed E-state index contributed by atoms with van der Waals surface area (Å²) in [6.45, 7) is 7.48. The molecule has 0 radical (unpaired) electrons. The molecule has 0 aliphatic carbocycles. The molecule has 3 aliphatic heterocycles. The number of amides is 2. The van der Waals surface area contributed by atoms with Gasteiger partial charge in [-0.05, 0) is 53.3 Å². The molecule has 3 aromatic carbocycles. The van der Waals surface area contributed by atoms with Gasteiger partial charge in [-0.2, -0.15) is 0 Å². The first kappa shape index (κ1) is 32.6. The van der Waals surface area contributed by atoms with E-state index in [4.69, 9.17) is 37.4 Å². The van der Waals surface area contributed by atoms with E-state index in [9.17, 15) is 9.59 Å². The van der Waals surface area contributed by atoms with Crippen molar-refractivity contribution in [3.8, 4) is 11.5 Å². The Morgan fingerprint density at radius 1 is 1.11 bits per heavy atom. The van der Waals surface area contributed by atoms with Crippen molar-refractivity contribution < 1.29 is 28.2 Å². The Morgan fingerprint density at radius 3 is 2.59 bits per heavy atom. The number of halogens is 3. The molecule has 1 spiro atoms. The van der Waals surface area contributed by atoms with Crippen molar-refractivity contribution in [2.24, 2.45) is 5.41 Å². The van der Waals surface area contributed by atoms with Crippen LogP contribution in [0.3, 0.4) is 0 Å².